The van der Waals surface area contributed by atoms with Crippen molar-refractivity contribution in [3.63, 3.8) is 0 Å². The molecular weight excluding hydrogens is 274 g/mol. The van der Waals surface area contributed by atoms with Crippen LogP contribution in [0.25, 0.3) is 0 Å². The number of hydrogen-bond acceptors (Lipinski definition) is 3. The molecule has 2 aromatic rings. The van der Waals surface area contributed by atoms with E-state index in [1.807, 2.05) is 36.4 Å². The van der Waals surface area contributed by atoms with Gasteiger partial charge in [0.25, 0.3) is 0 Å². The Hall–Kier alpha value is -1.91. The number of hydrogen-bond donors (Lipinski definition) is 2. The molecule has 0 unspecified atom stereocenters. The summed E-state index contributed by atoms with van der Waals surface area (Å²) < 4.78 is 0. The van der Waals surface area contributed by atoms with Crippen molar-refractivity contribution in [2.75, 3.05) is 6.54 Å². The van der Waals surface area contributed by atoms with Crippen molar-refractivity contribution in [1.29, 1.82) is 0 Å². The van der Waals surface area contributed by atoms with Gasteiger partial charge < -0.3 is 10.6 Å². The zero-order chi connectivity index (χ0) is 14.2. The maximum atomic E-state index is 11.7. The Balaban J connectivity index is 1.70. The van der Waals surface area contributed by atoms with E-state index in [-0.39, 0.29) is 12.5 Å². The Kier molecular flexibility index (Phi) is 5.53. The molecule has 0 bridgehead atoms. The molecule has 1 aromatic heterocycles. The molecule has 5 heteroatoms. The number of nitrogens with one attached hydrogen (secondary N) is 2. The van der Waals surface area contributed by atoms with E-state index < -0.39 is 0 Å². The highest BCUT2D eigenvalue weighted by atomic mass is 35.5. The van der Waals surface area contributed by atoms with E-state index in [1.165, 1.54) is 0 Å². The monoisotopic (exact) mass is 289 g/mol. The zero-order valence-corrected chi connectivity index (χ0v) is 11.7. The average molecular weight is 290 g/mol. The summed E-state index contributed by atoms with van der Waals surface area (Å²) >= 11 is 6.02. The van der Waals surface area contributed by atoms with Crippen LogP contribution in [-0.4, -0.2) is 17.4 Å². The van der Waals surface area contributed by atoms with Crippen molar-refractivity contribution in [3.8, 4) is 0 Å². The third-order valence-corrected chi connectivity index (χ3v) is 3.14. The molecule has 4 nitrogen and oxygen atoms in total. The molecule has 2 rings (SSSR count). The topological polar surface area (TPSA) is 54.0 Å². The van der Waals surface area contributed by atoms with E-state index in [4.69, 9.17) is 11.6 Å². The summed E-state index contributed by atoms with van der Waals surface area (Å²) in [6.07, 6.45) is 3.49. The summed E-state index contributed by atoms with van der Waals surface area (Å²) in [5.41, 5.74) is 1.96. The number of carbonyl (C=O) groups is 1. The fourth-order valence-corrected chi connectivity index (χ4v) is 1.92. The maximum Gasteiger partial charge on any atom is 0.234 e. The highest BCUT2D eigenvalue weighted by Gasteiger charge is 2.03. The Morgan fingerprint density at radius 1 is 1.15 bits per heavy atom. The van der Waals surface area contributed by atoms with Crippen molar-refractivity contribution in [2.24, 2.45) is 0 Å². The van der Waals surface area contributed by atoms with Crippen LogP contribution in [0.2, 0.25) is 5.02 Å². The quantitative estimate of drug-likeness (QED) is 0.857. The maximum absolute atomic E-state index is 11.7. The molecule has 20 heavy (non-hydrogen) atoms. The predicted octanol–water partition coefficient (Wildman–Crippen LogP) is 2.14. The molecule has 1 heterocycles. The Morgan fingerprint density at radius 2 is 2.00 bits per heavy atom. The lowest BCUT2D eigenvalue weighted by atomic mass is 10.2. The molecule has 0 aliphatic heterocycles. The van der Waals surface area contributed by atoms with E-state index >= 15 is 0 Å². The number of aromatic nitrogens is 1. The van der Waals surface area contributed by atoms with Gasteiger partial charge in [0.2, 0.25) is 5.91 Å². The molecule has 0 radical (unpaired) electrons. The van der Waals surface area contributed by atoms with Gasteiger partial charge in [-0.15, -0.1) is 0 Å². The van der Waals surface area contributed by atoms with Crippen molar-refractivity contribution in [3.05, 3.63) is 64.9 Å². The second-order valence-corrected chi connectivity index (χ2v) is 4.74. The van der Waals surface area contributed by atoms with Crippen LogP contribution in [-0.2, 0) is 17.9 Å². The van der Waals surface area contributed by atoms with Crippen LogP contribution < -0.4 is 10.6 Å². The second-order valence-electron chi connectivity index (χ2n) is 4.33. The molecule has 0 aliphatic carbocycles. The van der Waals surface area contributed by atoms with Gasteiger partial charge in [-0.25, -0.2) is 0 Å². The second kappa shape index (κ2) is 7.62. The van der Waals surface area contributed by atoms with Crippen molar-refractivity contribution in [2.45, 2.75) is 13.1 Å². The van der Waals surface area contributed by atoms with E-state index in [9.17, 15) is 4.79 Å². The first-order chi connectivity index (χ1) is 9.75. The molecule has 104 valence electrons. The van der Waals surface area contributed by atoms with Crippen LogP contribution in [0.1, 0.15) is 11.1 Å². The lowest BCUT2D eigenvalue weighted by Crippen LogP contribution is -2.33. The van der Waals surface area contributed by atoms with Crippen LogP contribution in [0.3, 0.4) is 0 Å². The molecule has 0 saturated heterocycles. The van der Waals surface area contributed by atoms with Gasteiger partial charge in [-0.3, -0.25) is 9.78 Å². The van der Waals surface area contributed by atoms with Crippen LogP contribution >= 0.6 is 11.6 Å². The van der Waals surface area contributed by atoms with Gasteiger partial charge in [0.1, 0.15) is 0 Å². The Morgan fingerprint density at radius 3 is 2.75 bits per heavy atom. The lowest BCUT2D eigenvalue weighted by Gasteiger charge is -2.08. The molecule has 0 spiro atoms. The minimum absolute atomic E-state index is 0.0613. The van der Waals surface area contributed by atoms with Crippen LogP contribution in [0.15, 0.2) is 48.8 Å². The molecule has 1 aromatic carbocycles. The van der Waals surface area contributed by atoms with Gasteiger partial charge in [-0.2, -0.15) is 0 Å². The molecule has 0 atom stereocenters. The normalized spacial score (nSPS) is 10.2. The molecule has 2 N–H and O–H groups in total. The summed E-state index contributed by atoms with van der Waals surface area (Å²) in [6, 6.07) is 11.3. The number of benzene rings is 1. The van der Waals surface area contributed by atoms with Gasteiger partial charge in [-0.05, 0) is 23.3 Å². The van der Waals surface area contributed by atoms with E-state index in [0.717, 1.165) is 11.1 Å². The van der Waals surface area contributed by atoms with Crippen molar-refractivity contribution in [1.82, 2.24) is 15.6 Å². The third-order valence-electron chi connectivity index (χ3n) is 2.77. The standard InChI is InChI=1S/C15H16ClN3O/c16-14-6-2-1-5-13(14)10-19-15(20)11-18-9-12-4-3-7-17-8-12/h1-8,18H,9-11H2,(H,19,20). The third kappa shape index (κ3) is 4.64. The van der Waals surface area contributed by atoms with Crippen LogP contribution in [0.5, 0.6) is 0 Å². The van der Waals surface area contributed by atoms with Crippen LogP contribution in [0.4, 0.5) is 0 Å². The van der Waals surface area contributed by atoms with Crippen molar-refractivity contribution < 1.29 is 4.79 Å². The fourth-order valence-electron chi connectivity index (χ4n) is 1.72. The number of amides is 1. The molecule has 0 saturated carbocycles. The average Bonchev–Trinajstić information content (AvgIpc) is 2.47. The number of carbonyl (C=O) groups excluding carboxylic acids is 1. The molecule has 1 amide bonds. The fraction of sp³-hybridized carbons (Fsp3) is 0.200. The van der Waals surface area contributed by atoms with Gasteiger partial charge in [0, 0.05) is 30.5 Å². The first kappa shape index (κ1) is 14.5. The summed E-state index contributed by atoms with van der Waals surface area (Å²) in [4.78, 5) is 15.7. The summed E-state index contributed by atoms with van der Waals surface area (Å²) in [6.45, 7) is 1.32. The van der Waals surface area contributed by atoms with E-state index in [1.54, 1.807) is 12.4 Å². The summed E-state index contributed by atoms with van der Waals surface area (Å²) in [5.74, 6) is -0.0613. The lowest BCUT2D eigenvalue weighted by molar-refractivity contribution is -0.120. The number of nitrogens with zero attached hydrogens (tertiary/aromatic N) is 1. The first-order valence-electron chi connectivity index (χ1n) is 6.35. The van der Waals surface area contributed by atoms with E-state index in [0.29, 0.717) is 18.1 Å². The molecular formula is C15H16ClN3O. The number of halogens is 1. The highest BCUT2D eigenvalue weighted by molar-refractivity contribution is 6.31. The van der Waals surface area contributed by atoms with Gasteiger partial charge in [0.15, 0.2) is 0 Å². The van der Waals surface area contributed by atoms with Gasteiger partial charge in [0.05, 0.1) is 6.54 Å². The number of pyridine rings is 1. The Labute approximate surface area is 123 Å². The predicted molar refractivity (Wildman–Crippen MR) is 79.2 cm³/mol. The smallest absolute Gasteiger partial charge is 0.234 e. The minimum atomic E-state index is -0.0613. The SMILES string of the molecule is O=C(CNCc1cccnc1)NCc1ccccc1Cl. The summed E-state index contributed by atoms with van der Waals surface area (Å²) in [5, 5.41) is 6.55. The molecule has 0 aliphatic rings. The van der Waals surface area contributed by atoms with Crippen LogP contribution in [0, 0.1) is 0 Å². The highest BCUT2D eigenvalue weighted by Crippen LogP contribution is 2.13. The van der Waals surface area contributed by atoms with Gasteiger partial charge in [-0.1, -0.05) is 35.9 Å². The largest absolute Gasteiger partial charge is 0.351 e. The Bertz CT molecular complexity index is 560. The minimum Gasteiger partial charge on any atom is -0.351 e. The van der Waals surface area contributed by atoms with Crippen molar-refractivity contribution >= 4 is 17.5 Å². The number of rotatable bonds is 6. The summed E-state index contributed by atoms with van der Waals surface area (Å²) in [7, 11) is 0. The first-order valence-corrected chi connectivity index (χ1v) is 6.73. The van der Waals surface area contributed by atoms with Gasteiger partial charge >= 0.3 is 0 Å². The molecule has 0 fully saturated rings. The zero-order valence-electron chi connectivity index (χ0n) is 11.0. The van der Waals surface area contributed by atoms with E-state index in [2.05, 4.69) is 15.6 Å².